The molecule has 21 aromatic carbocycles. The summed E-state index contributed by atoms with van der Waals surface area (Å²) in [4.78, 5) is 0. The SMILES string of the molecule is c1ccc2c(c1)oc1c(-c3cccc4c3oc3ccc(-n5c6ccccc6c6c7sc8ccccc8c7ccc65)cc34)cccc12.c1ccc2c(c1)oc1c(-c3cccc4c3oc3ccc(-n5c6ccccc6c6cc7sc8ccccc8c7cc65)cc34)cccc12.c1ccc2c(c1)sc1cc3c(cc12)c1ccccc1n3-c1ccc2oc3c(-c4cccc5c4sc4ccccc45)cccc3c2c1. The van der Waals surface area contributed by atoms with E-state index in [1.54, 1.807) is 0 Å². The molecule has 12 heteroatoms. The topological polar surface area (TPSA) is 80.5 Å². The van der Waals surface area contributed by atoms with Gasteiger partial charge in [0.15, 0.2) is 0 Å². The van der Waals surface area contributed by atoms with Crippen LogP contribution in [-0.4, -0.2) is 13.7 Å². The summed E-state index contributed by atoms with van der Waals surface area (Å²) >= 11 is 7.48. The van der Waals surface area contributed by atoms with Gasteiger partial charge in [0.05, 0.1) is 33.1 Å². The monoisotopic (exact) mass is 1830 g/mol. The summed E-state index contributed by atoms with van der Waals surface area (Å²) < 4.78 is 50.6. The summed E-state index contributed by atoms with van der Waals surface area (Å²) in [7, 11) is 0. The number of rotatable bonds is 6. The number of hydrogen-bond acceptors (Lipinski definition) is 9. The first-order valence-electron chi connectivity index (χ1n) is 46.5. The molecule has 33 aromatic rings. The number of furan rings is 5. The quantitative estimate of drug-likeness (QED) is 0.166. The summed E-state index contributed by atoms with van der Waals surface area (Å²) in [5.41, 5.74) is 26.0. The number of para-hydroxylation sites is 10. The fraction of sp³-hybridized carbons (Fsp3) is 0. The lowest BCUT2D eigenvalue weighted by molar-refractivity contribution is 0.665. The van der Waals surface area contributed by atoms with E-state index in [2.05, 4.69) is 408 Å². The van der Waals surface area contributed by atoms with E-state index in [1.807, 2.05) is 69.6 Å². The average Bonchev–Trinajstić information content (AvgIpc) is 1.55. The van der Waals surface area contributed by atoms with E-state index in [4.69, 9.17) is 22.1 Å². The Morgan fingerprint density at radius 1 is 0.145 bits per heavy atom. The molecule has 0 atom stereocenters. The molecule has 0 aliphatic heterocycles. The van der Waals surface area contributed by atoms with Gasteiger partial charge < -0.3 is 35.8 Å². The van der Waals surface area contributed by atoms with Crippen molar-refractivity contribution in [2.24, 2.45) is 0 Å². The third-order valence-electron chi connectivity index (χ3n) is 28.8. The lowest BCUT2D eigenvalue weighted by atomic mass is 10.00. The highest BCUT2D eigenvalue weighted by Crippen LogP contribution is 2.52. The summed E-state index contributed by atoms with van der Waals surface area (Å²) in [6.07, 6.45) is 0. The first-order chi connectivity index (χ1) is 68.4. The molecule has 12 heterocycles. The van der Waals surface area contributed by atoms with Crippen molar-refractivity contribution < 1.29 is 22.1 Å². The minimum atomic E-state index is 0.870. The van der Waals surface area contributed by atoms with Crippen LogP contribution in [0.2, 0.25) is 0 Å². The number of benzene rings is 21. The highest BCUT2D eigenvalue weighted by molar-refractivity contribution is 7.27. The van der Waals surface area contributed by atoms with Crippen LogP contribution in [-0.2, 0) is 0 Å². The summed E-state index contributed by atoms with van der Waals surface area (Å²) in [5, 5.41) is 29.3. The van der Waals surface area contributed by atoms with Gasteiger partial charge in [0.2, 0.25) is 0 Å². The molecule has 0 spiro atoms. The van der Waals surface area contributed by atoms with Gasteiger partial charge in [0, 0.05) is 217 Å². The van der Waals surface area contributed by atoms with E-state index >= 15 is 0 Å². The van der Waals surface area contributed by atoms with E-state index in [9.17, 15) is 0 Å². The van der Waals surface area contributed by atoms with Crippen LogP contribution < -0.4 is 0 Å². The fourth-order valence-electron chi connectivity index (χ4n) is 22.7. The lowest BCUT2D eigenvalue weighted by Crippen LogP contribution is -1.93. The predicted molar refractivity (Wildman–Crippen MR) is 587 cm³/mol. The Bertz CT molecular complexity index is 10800. The van der Waals surface area contributed by atoms with Crippen molar-refractivity contribution in [3.8, 4) is 50.4 Å². The van der Waals surface area contributed by atoms with Gasteiger partial charge in [-0.15, -0.1) is 45.3 Å². The molecule has 0 N–H and O–H groups in total. The maximum atomic E-state index is 6.70. The predicted octanol–water partition coefficient (Wildman–Crippen LogP) is 38.3. The molecule has 0 saturated carbocycles. The summed E-state index contributed by atoms with van der Waals surface area (Å²) in [6.45, 7) is 0. The minimum absolute atomic E-state index is 0.870. The van der Waals surface area contributed by atoms with Crippen LogP contribution >= 0.6 is 45.3 Å². The maximum Gasteiger partial charge on any atom is 0.143 e. The Balaban J connectivity index is 0.0000000959. The second-order valence-electron chi connectivity index (χ2n) is 36.2. The largest absolute Gasteiger partial charge is 0.455 e. The highest BCUT2D eigenvalue weighted by atomic mass is 32.1. The first kappa shape index (κ1) is 76.3. The standard InChI is InChI=1S/2C42H23NO2S.C42H23NOS2/c1-4-16-34-32(11-1)39-35(21-20-31-26-10-3-6-18-38(26)46-42(31)39)43(34)24-19-22-37-33(23-24)30-15-8-14-29(41(30)45-37)28-13-7-12-27-25-9-2-5-17-36(25)44-40(27)28;1-4-16-35-25(9-1)32-23-40-34(27-11-3-6-18-39(27)46-40)22-36(32)43(35)24-19-20-38-33(21-24)31-15-8-14-30(42(31)45-38)29-13-7-12-28-26-10-2-5-17-37(26)44-41(28)29;1-4-16-35-25(9-1)32-22-34-27-11-3-5-17-38(27)45-40(34)23-36(32)43(35)24-19-20-37-33(21-24)29-13-7-12-28(41(29)44-37)31-15-8-14-30-26-10-2-6-18-39(26)46-42(30)31/h3*1-23H. The highest BCUT2D eigenvalue weighted by Gasteiger charge is 2.27. The Hall–Kier alpha value is -17.1. The van der Waals surface area contributed by atoms with Crippen molar-refractivity contribution in [3.05, 3.63) is 419 Å². The van der Waals surface area contributed by atoms with Crippen molar-refractivity contribution >= 4 is 301 Å². The molecule has 0 aliphatic rings. The zero-order valence-corrected chi connectivity index (χ0v) is 76.6. The van der Waals surface area contributed by atoms with E-state index in [0.29, 0.717) is 0 Å². The molecule has 12 aromatic heterocycles. The Labute approximate surface area is 799 Å². The number of hydrogen-bond donors (Lipinski definition) is 0. The first-order valence-corrected chi connectivity index (χ1v) is 49.8. The van der Waals surface area contributed by atoms with Crippen molar-refractivity contribution in [1.29, 1.82) is 0 Å². The molecule has 0 amide bonds. The zero-order valence-electron chi connectivity index (χ0n) is 73.4. The number of thiophene rings is 4. The van der Waals surface area contributed by atoms with E-state index in [0.717, 1.165) is 155 Å². The molecule has 0 unspecified atom stereocenters. The van der Waals surface area contributed by atoms with Gasteiger partial charge in [-0.05, 0) is 140 Å². The Morgan fingerprint density at radius 2 is 0.449 bits per heavy atom. The van der Waals surface area contributed by atoms with Crippen LogP contribution in [0, 0.1) is 0 Å². The molecule has 0 aliphatic carbocycles. The number of fused-ring (bicyclic) bond motifs is 37. The molecule has 0 fully saturated rings. The Kier molecular flexibility index (Phi) is 16.2. The molecule has 33 rings (SSSR count). The molecule has 8 nitrogen and oxygen atoms in total. The van der Waals surface area contributed by atoms with Crippen LogP contribution in [0.15, 0.2) is 441 Å². The molecule has 0 saturated heterocycles. The van der Waals surface area contributed by atoms with Gasteiger partial charge in [-0.2, -0.15) is 0 Å². The smallest absolute Gasteiger partial charge is 0.143 e. The van der Waals surface area contributed by atoms with Crippen LogP contribution in [0.4, 0.5) is 0 Å². The summed E-state index contributed by atoms with van der Waals surface area (Å²) in [6, 6.07) is 150. The summed E-state index contributed by atoms with van der Waals surface area (Å²) in [5.74, 6) is 0. The van der Waals surface area contributed by atoms with Gasteiger partial charge in [-0.25, -0.2) is 0 Å². The molecule has 138 heavy (non-hydrogen) atoms. The Morgan fingerprint density at radius 3 is 0.913 bits per heavy atom. The molecule has 642 valence electrons. The van der Waals surface area contributed by atoms with Crippen molar-refractivity contribution in [1.82, 2.24) is 13.7 Å². The third kappa shape index (κ3) is 11.1. The van der Waals surface area contributed by atoms with Crippen molar-refractivity contribution in [2.75, 3.05) is 0 Å². The maximum absolute atomic E-state index is 6.70. The van der Waals surface area contributed by atoms with Gasteiger partial charge in [0.25, 0.3) is 0 Å². The molecule has 0 radical (unpaired) electrons. The fourth-order valence-corrected chi connectivity index (χ4v) is 27.5. The van der Waals surface area contributed by atoms with Gasteiger partial charge >= 0.3 is 0 Å². The second kappa shape index (κ2) is 29.2. The second-order valence-corrected chi connectivity index (χ2v) is 40.4. The lowest BCUT2D eigenvalue weighted by Gasteiger charge is -2.08. The average molecular weight is 1830 g/mol. The molecule has 0 bridgehead atoms. The molecular formula is C126H69N3O5S4. The minimum Gasteiger partial charge on any atom is -0.455 e. The van der Waals surface area contributed by atoms with Gasteiger partial charge in [0.1, 0.15) is 55.8 Å². The van der Waals surface area contributed by atoms with Crippen molar-refractivity contribution in [2.45, 2.75) is 0 Å². The zero-order chi connectivity index (χ0) is 89.8. The van der Waals surface area contributed by atoms with E-state index < -0.39 is 0 Å². The van der Waals surface area contributed by atoms with Crippen molar-refractivity contribution in [3.63, 3.8) is 0 Å². The number of nitrogens with zero attached hydrogens (tertiary/aromatic N) is 3. The van der Waals surface area contributed by atoms with E-state index in [-0.39, 0.29) is 0 Å². The van der Waals surface area contributed by atoms with Gasteiger partial charge in [-0.3, -0.25) is 0 Å². The van der Waals surface area contributed by atoms with Gasteiger partial charge in [-0.1, -0.05) is 279 Å². The number of aromatic nitrogens is 3. The van der Waals surface area contributed by atoms with Crippen LogP contribution in [0.3, 0.4) is 0 Å². The normalized spacial score (nSPS) is 12.3. The third-order valence-corrected chi connectivity index (χ3v) is 33.5. The van der Waals surface area contributed by atoms with Crippen LogP contribution in [0.25, 0.3) is 306 Å². The molecular weight excluding hydrogens is 1760 g/mol. The van der Waals surface area contributed by atoms with Crippen LogP contribution in [0.1, 0.15) is 0 Å². The van der Waals surface area contributed by atoms with Crippen LogP contribution in [0.5, 0.6) is 0 Å². The van der Waals surface area contributed by atoms with E-state index in [1.165, 1.54) is 152 Å².